The van der Waals surface area contributed by atoms with Crippen molar-refractivity contribution >= 4 is 0 Å². The Labute approximate surface area is 107 Å². The highest BCUT2D eigenvalue weighted by Crippen LogP contribution is 2.28. The Morgan fingerprint density at radius 2 is 1.65 bits per heavy atom. The van der Waals surface area contributed by atoms with Gasteiger partial charge in [-0.25, -0.2) is 0 Å². The fourth-order valence-electron chi connectivity index (χ4n) is 1.95. The summed E-state index contributed by atoms with van der Waals surface area (Å²) >= 11 is 0. The highest BCUT2D eigenvalue weighted by Gasteiger charge is 2.18. The first-order valence-corrected chi connectivity index (χ1v) is 6.73. The van der Waals surface area contributed by atoms with Gasteiger partial charge in [0, 0.05) is 6.04 Å². The third kappa shape index (κ3) is 3.32. The van der Waals surface area contributed by atoms with Crippen molar-refractivity contribution in [1.82, 2.24) is 4.90 Å². The summed E-state index contributed by atoms with van der Waals surface area (Å²) in [6.45, 7) is 12.4. The minimum absolute atomic E-state index is 0.290. The molecule has 0 aromatic heterocycles. The van der Waals surface area contributed by atoms with Gasteiger partial charge in [-0.2, -0.15) is 0 Å². The molecule has 0 spiro atoms. The molecule has 0 fully saturated rings. The van der Waals surface area contributed by atoms with Crippen LogP contribution in [0.5, 0.6) is 0 Å². The second-order valence-corrected chi connectivity index (χ2v) is 5.61. The highest BCUT2D eigenvalue weighted by molar-refractivity contribution is 5.29. The van der Waals surface area contributed by atoms with Crippen LogP contribution in [0.25, 0.3) is 0 Å². The maximum absolute atomic E-state index is 2.36. The summed E-state index contributed by atoms with van der Waals surface area (Å²) in [5.41, 5.74) is 3.14. The van der Waals surface area contributed by atoms with E-state index >= 15 is 0 Å². The Kier molecular flexibility index (Phi) is 4.76. The van der Waals surface area contributed by atoms with Gasteiger partial charge in [0.25, 0.3) is 0 Å². The summed E-state index contributed by atoms with van der Waals surface area (Å²) in [6, 6.07) is 9.64. The number of benzene rings is 1. The van der Waals surface area contributed by atoms with E-state index in [1.54, 1.807) is 0 Å². The summed E-state index contributed by atoms with van der Waals surface area (Å²) in [5.74, 6) is 0. The summed E-state index contributed by atoms with van der Waals surface area (Å²) in [6.07, 6.45) is 1.18. The van der Waals surface area contributed by atoms with Crippen molar-refractivity contribution in [3.63, 3.8) is 0 Å². The normalized spacial score (nSPS) is 14.1. The first kappa shape index (κ1) is 14.2. The maximum Gasteiger partial charge on any atom is 0.0316 e. The Morgan fingerprint density at radius 1 is 1.12 bits per heavy atom. The molecule has 96 valence electrons. The van der Waals surface area contributed by atoms with Gasteiger partial charge in [0.1, 0.15) is 0 Å². The summed E-state index contributed by atoms with van der Waals surface area (Å²) in [7, 11) is 2.18. The van der Waals surface area contributed by atoms with Gasteiger partial charge in [-0.1, -0.05) is 52.0 Å². The van der Waals surface area contributed by atoms with Gasteiger partial charge < -0.3 is 0 Å². The average molecular weight is 233 g/mol. The molecule has 0 amide bonds. The standard InChI is InChI=1S/C16H27N/c1-7-16(4,5)15-11-9-14(10-12-15)13(3)17(6)8-2/h9-13H,7-8H2,1-6H3. The van der Waals surface area contributed by atoms with Gasteiger partial charge >= 0.3 is 0 Å². The minimum Gasteiger partial charge on any atom is -0.300 e. The van der Waals surface area contributed by atoms with Crippen LogP contribution in [0.3, 0.4) is 0 Å². The third-order valence-corrected chi connectivity index (χ3v) is 4.22. The molecule has 17 heavy (non-hydrogen) atoms. The zero-order chi connectivity index (χ0) is 13.1. The molecule has 0 heterocycles. The Balaban J connectivity index is 2.88. The molecule has 0 saturated carbocycles. The lowest BCUT2D eigenvalue weighted by Gasteiger charge is -2.26. The Morgan fingerprint density at radius 3 is 2.06 bits per heavy atom. The molecule has 0 aliphatic rings. The minimum atomic E-state index is 0.290. The molecule has 1 aromatic carbocycles. The molecular formula is C16H27N. The predicted octanol–water partition coefficient (Wildman–Crippen LogP) is 4.39. The average Bonchev–Trinajstić information content (AvgIpc) is 2.37. The number of hydrogen-bond acceptors (Lipinski definition) is 1. The van der Waals surface area contributed by atoms with Crippen molar-refractivity contribution in [2.75, 3.05) is 13.6 Å². The maximum atomic E-state index is 2.36. The van der Waals surface area contributed by atoms with E-state index < -0.39 is 0 Å². The van der Waals surface area contributed by atoms with E-state index in [0.717, 1.165) is 6.54 Å². The van der Waals surface area contributed by atoms with Crippen molar-refractivity contribution in [2.24, 2.45) is 0 Å². The van der Waals surface area contributed by atoms with Crippen molar-refractivity contribution < 1.29 is 0 Å². The largest absolute Gasteiger partial charge is 0.300 e. The lowest BCUT2D eigenvalue weighted by molar-refractivity contribution is 0.276. The van der Waals surface area contributed by atoms with Gasteiger partial charge in [-0.3, -0.25) is 4.90 Å². The van der Waals surface area contributed by atoms with Crippen molar-refractivity contribution in [3.8, 4) is 0 Å². The van der Waals surface area contributed by atoms with Crippen LogP contribution < -0.4 is 0 Å². The fraction of sp³-hybridized carbons (Fsp3) is 0.625. The summed E-state index contributed by atoms with van der Waals surface area (Å²) in [5, 5.41) is 0. The van der Waals surface area contributed by atoms with Crippen LogP contribution in [0.1, 0.15) is 58.2 Å². The van der Waals surface area contributed by atoms with Crippen LogP contribution in [-0.2, 0) is 5.41 Å². The zero-order valence-electron chi connectivity index (χ0n) is 12.2. The van der Waals surface area contributed by atoms with E-state index in [0.29, 0.717) is 11.5 Å². The molecule has 1 atom stereocenters. The van der Waals surface area contributed by atoms with Crippen molar-refractivity contribution in [3.05, 3.63) is 35.4 Å². The molecule has 0 aliphatic heterocycles. The van der Waals surface area contributed by atoms with Gasteiger partial charge in [-0.05, 0) is 43.5 Å². The SMILES string of the molecule is CCN(C)C(C)c1ccc(C(C)(C)CC)cc1. The van der Waals surface area contributed by atoms with E-state index in [-0.39, 0.29) is 0 Å². The van der Waals surface area contributed by atoms with E-state index in [1.165, 1.54) is 17.5 Å². The smallest absolute Gasteiger partial charge is 0.0316 e. The Bertz CT molecular complexity index is 337. The predicted molar refractivity (Wildman–Crippen MR) is 76.5 cm³/mol. The first-order chi connectivity index (χ1) is 7.92. The monoisotopic (exact) mass is 233 g/mol. The lowest BCUT2D eigenvalue weighted by Crippen LogP contribution is -2.22. The van der Waals surface area contributed by atoms with Gasteiger partial charge in [0.2, 0.25) is 0 Å². The summed E-state index contributed by atoms with van der Waals surface area (Å²) in [4.78, 5) is 2.36. The molecule has 1 rings (SSSR count). The molecule has 0 N–H and O–H groups in total. The molecule has 1 heteroatoms. The van der Waals surface area contributed by atoms with E-state index in [1.807, 2.05) is 0 Å². The van der Waals surface area contributed by atoms with Crippen LogP contribution in [-0.4, -0.2) is 18.5 Å². The molecule has 0 radical (unpaired) electrons. The zero-order valence-corrected chi connectivity index (χ0v) is 12.2. The molecule has 1 aromatic rings. The molecule has 0 aliphatic carbocycles. The van der Waals surface area contributed by atoms with Gasteiger partial charge in [0.05, 0.1) is 0 Å². The quantitative estimate of drug-likeness (QED) is 0.729. The topological polar surface area (TPSA) is 3.24 Å². The number of nitrogens with zero attached hydrogens (tertiary/aromatic N) is 1. The third-order valence-electron chi connectivity index (χ3n) is 4.22. The van der Waals surface area contributed by atoms with E-state index in [4.69, 9.17) is 0 Å². The van der Waals surface area contributed by atoms with E-state index in [9.17, 15) is 0 Å². The fourth-order valence-corrected chi connectivity index (χ4v) is 1.95. The van der Waals surface area contributed by atoms with Crippen molar-refractivity contribution in [2.45, 2.75) is 52.5 Å². The summed E-state index contributed by atoms with van der Waals surface area (Å²) < 4.78 is 0. The molecule has 1 nitrogen and oxygen atoms in total. The van der Waals surface area contributed by atoms with Gasteiger partial charge in [0.15, 0.2) is 0 Å². The lowest BCUT2D eigenvalue weighted by atomic mass is 9.82. The van der Waals surface area contributed by atoms with Crippen LogP contribution in [0.15, 0.2) is 24.3 Å². The Hall–Kier alpha value is -0.820. The van der Waals surface area contributed by atoms with Crippen LogP contribution in [0.2, 0.25) is 0 Å². The van der Waals surface area contributed by atoms with Crippen LogP contribution >= 0.6 is 0 Å². The molecule has 0 bridgehead atoms. The molecular weight excluding hydrogens is 206 g/mol. The second kappa shape index (κ2) is 5.68. The van der Waals surface area contributed by atoms with Crippen molar-refractivity contribution in [1.29, 1.82) is 0 Å². The van der Waals surface area contributed by atoms with Gasteiger partial charge in [-0.15, -0.1) is 0 Å². The first-order valence-electron chi connectivity index (χ1n) is 6.73. The van der Waals surface area contributed by atoms with E-state index in [2.05, 4.69) is 70.8 Å². The number of rotatable bonds is 5. The molecule has 1 unspecified atom stereocenters. The number of hydrogen-bond donors (Lipinski definition) is 0. The van der Waals surface area contributed by atoms with Crippen LogP contribution in [0, 0.1) is 0 Å². The highest BCUT2D eigenvalue weighted by atomic mass is 15.1. The second-order valence-electron chi connectivity index (χ2n) is 5.61. The van der Waals surface area contributed by atoms with Crippen LogP contribution in [0.4, 0.5) is 0 Å². The molecule has 0 saturated heterocycles.